The van der Waals surface area contributed by atoms with Crippen LogP contribution in [0.5, 0.6) is 0 Å². The van der Waals surface area contributed by atoms with Gasteiger partial charge in [-0.05, 0) is 35.4 Å². The maximum atomic E-state index is 3.72. The van der Waals surface area contributed by atoms with Gasteiger partial charge in [-0.3, -0.25) is 0 Å². The van der Waals surface area contributed by atoms with Gasteiger partial charge in [0.15, 0.2) is 0 Å². The first-order valence-corrected chi connectivity index (χ1v) is 21.5. The molecule has 53 heavy (non-hydrogen) atoms. The zero-order valence-corrected chi connectivity index (χ0v) is 35.5. The molecular formula is C49H41Cl2SiZr-3. The fraction of sp³-hybridized carbons (Fsp3) is 0.0816. The summed E-state index contributed by atoms with van der Waals surface area (Å²) in [5.74, 6) is 0. The quantitative estimate of drug-likeness (QED) is 0.126. The summed E-state index contributed by atoms with van der Waals surface area (Å²) >= 11 is 1.36. The summed E-state index contributed by atoms with van der Waals surface area (Å²) in [6.45, 7) is 15.5. The van der Waals surface area contributed by atoms with Gasteiger partial charge in [0.1, 0.15) is 0 Å². The van der Waals surface area contributed by atoms with Gasteiger partial charge >= 0.3 is 30.2 Å². The minimum atomic E-state index is 0. The Labute approximate surface area is 344 Å². The van der Waals surface area contributed by atoms with E-state index in [0.29, 0.717) is 0 Å². The third-order valence-corrected chi connectivity index (χ3v) is 9.45. The molecule has 0 nitrogen and oxygen atoms in total. The van der Waals surface area contributed by atoms with Crippen LogP contribution in [0, 0.1) is 34.6 Å². The molecule has 4 heteroatoms. The Morgan fingerprint density at radius 1 is 0.434 bits per heavy atom. The zero-order valence-electron chi connectivity index (χ0n) is 30.6. The average molecular weight is 820 g/mol. The van der Waals surface area contributed by atoms with E-state index in [2.05, 4.69) is 175 Å². The molecule has 0 saturated carbocycles. The van der Waals surface area contributed by atoms with Crippen molar-refractivity contribution in [2.24, 2.45) is 0 Å². The fourth-order valence-corrected chi connectivity index (χ4v) is 7.17. The van der Waals surface area contributed by atoms with Gasteiger partial charge in [0.25, 0.3) is 0 Å². The van der Waals surface area contributed by atoms with Crippen LogP contribution < -0.4 is 24.8 Å². The number of halogens is 2. The van der Waals surface area contributed by atoms with Crippen molar-refractivity contribution < 1.29 is 48.1 Å². The predicted octanol–water partition coefficient (Wildman–Crippen LogP) is 7.48. The van der Waals surface area contributed by atoms with E-state index in [0.717, 1.165) is 5.56 Å². The summed E-state index contributed by atoms with van der Waals surface area (Å²) in [4.78, 5) is 0. The molecule has 9 aromatic rings. The van der Waals surface area contributed by atoms with Gasteiger partial charge in [-0.2, -0.15) is 24.6 Å². The second kappa shape index (κ2) is 19.2. The number of hydrogen-bond acceptors (Lipinski definition) is 0. The van der Waals surface area contributed by atoms with Crippen LogP contribution in [0.25, 0.3) is 65.3 Å². The Morgan fingerprint density at radius 3 is 1.21 bits per heavy atom. The Hall–Kier alpha value is -4.17. The zero-order chi connectivity index (χ0) is 35.9. The van der Waals surface area contributed by atoms with Crippen molar-refractivity contribution in [3.63, 3.8) is 0 Å². The Balaban J connectivity index is 0.000000187. The van der Waals surface area contributed by atoms with Crippen LogP contribution >= 0.6 is 0 Å². The van der Waals surface area contributed by atoms with E-state index >= 15 is 0 Å². The van der Waals surface area contributed by atoms with Crippen molar-refractivity contribution in [1.29, 1.82) is 0 Å². The topological polar surface area (TPSA) is 0 Å². The number of benzene rings is 7. The Kier molecular flexibility index (Phi) is 15.1. The van der Waals surface area contributed by atoms with Crippen LogP contribution in [0.15, 0.2) is 164 Å². The first kappa shape index (κ1) is 41.6. The summed E-state index contributed by atoms with van der Waals surface area (Å²) in [5, 5.41) is 10.7. The van der Waals surface area contributed by atoms with Crippen molar-refractivity contribution in [3.8, 4) is 22.3 Å². The molecule has 0 spiro atoms. The van der Waals surface area contributed by atoms with Crippen molar-refractivity contribution in [3.05, 3.63) is 199 Å². The van der Waals surface area contributed by atoms with Crippen LogP contribution in [-0.2, 0) is 23.3 Å². The van der Waals surface area contributed by atoms with E-state index in [1.54, 1.807) is 0 Å². The molecule has 0 aliphatic carbocycles. The molecule has 0 saturated heterocycles. The van der Waals surface area contributed by atoms with Crippen LogP contribution in [0.4, 0.5) is 0 Å². The molecule has 0 aliphatic rings. The molecule has 0 atom stereocenters. The first-order chi connectivity index (χ1) is 24.9. The molecular weight excluding hydrogens is 779 g/mol. The molecule has 0 bridgehead atoms. The number of fused-ring (bicyclic) bond motifs is 4. The summed E-state index contributed by atoms with van der Waals surface area (Å²) in [5.41, 5.74) is 11.8. The Bertz CT molecular complexity index is 2410. The van der Waals surface area contributed by atoms with Gasteiger partial charge in [0.2, 0.25) is 0 Å². The number of hydrogen-bond donors (Lipinski definition) is 0. The van der Waals surface area contributed by atoms with Gasteiger partial charge in [-0.1, -0.05) is 139 Å². The maximum absolute atomic E-state index is 3.72. The van der Waals surface area contributed by atoms with E-state index in [4.69, 9.17) is 0 Å². The number of rotatable bonds is 2. The van der Waals surface area contributed by atoms with Crippen molar-refractivity contribution in [1.82, 2.24) is 0 Å². The number of aryl methyl sites for hydroxylation is 4. The van der Waals surface area contributed by atoms with E-state index < -0.39 is 0 Å². The second-order valence-electron chi connectivity index (χ2n) is 13.1. The molecule has 0 heterocycles. The van der Waals surface area contributed by atoms with Gasteiger partial charge in [-0.15, -0.1) is 92.3 Å². The van der Waals surface area contributed by atoms with E-state index in [-0.39, 0.29) is 24.8 Å². The van der Waals surface area contributed by atoms with Crippen molar-refractivity contribution >= 4 is 50.0 Å². The summed E-state index contributed by atoms with van der Waals surface area (Å²) < 4.78 is 0. The second-order valence-corrected chi connectivity index (χ2v) is 13.1. The van der Waals surface area contributed by atoms with E-state index in [1.165, 1.54) is 111 Å². The monoisotopic (exact) mass is 817 g/mol. The molecule has 262 valence electrons. The first-order valence-electron chi connectivity index (χ1n) is 17.3. The molecule has 2 radical (unpaired) electrons. The molecule has 9 rings (SSSR count). The molecule has 0 amide bonds. The average Bonchev–Trinajstić information content (AvgIpc) is 3.66. The fourth-order valence-electron chi connectivity index (χ4n) is 7.17. The molecule has 9 aromatic carbocycles. The molecule has 0 aliphatic heterocycles. The SMILES string of the molecule is Cc1ccc2c(-c3cccc4ccccc34)c(C)[cH-]c2c1.Cc1ccc2c(-c3cccc4ccccc34)c(C)[cH-]c2c1.[CH2-]c1ccccc1.[Cl-].[Cl-].[Si]=[Zr+2]. The van der Waals surface area contributed by atoms with Crippen LogP contribution in [0.2, 0.25) is 0 Å². The minimum absolute atomic E-state index is 0. The molecule has 0 fully saturated rings. The molecule has 0 N–H and O–H groups in total. The summed E-state index contributed by atoms with van der Waals surface area (Å²) in [6, 6.07) is 58.4. The predicted molar refractivity (Wildman–Crippen MR) is 221 cm³/mol. The summed E-state index contributed by atoms with van der Waals surface area (Å²) in [6.07, 6.45) is 0. The molecule has 0 unspecified atom stereocenters. The van der Waals surface area contributed by atoms with Crippen molar-refractivity contribution in [2.45, 2.75) is 27.7 Å². The van der Waals surface area contributed by atoms with Crippen LogP contribution in [0.3, 0.4) is 0 Å². The Morgan fingerprint density at radius 2 is 0.811 bits per heavy atom. The van der Waals surface area contributed by atoms with Gasteiger partial charge in [0, 0.05) is 0 Å². The van der Waals surface area contributed by atoms with E-state index in [1.807, 2.05) is 30.3 Å². The van der Waals surface area contributed by atoms with E-state index in [9.17, 15) is 0 Å². The third-order valence-electron chi connectivity index (χ3n) is 9.45. The summed E-state index contributed by atoms with van der Waals surface area (Å²) in [7, 11) is 0. The van der Waals surface area contributed by atoms with Crippen molar-refractivity contribution in [2.75, 3.05) is 0 Å². The van der Waals surface area contributed by atoms with Gasteiger partial charge in [-0.25, -0.2) is 0 Å². The van der Waals surface area contributed by atoms with Gasteiger partial charge in [0.05, 0.1) is 0 Å². The van der Waals surface area contributed by atoms with Crippen LogP contribution in [0.1, 0.15) is 27.8 Å². The normalized spacial score (nSPS) is 10.2. The van der Waals surface area contributed by atoms with Gasteiger partial charge < -0.3 is 24.8 Å². The third kappa shape index (κ3) is 9.32. The molecule has 0 aromatic heterocycles. The van der Waals surface area contributed by atoms with Crippen LogP contribution in [-0.4, -0.2) is 6.88 Å². The standard InChI is InChI=1S/2C21H17.C7H7.2ClH.Si.Zr/c2*1-14-10-11-19-17(12-14)13-15(2)21(19)20-9-5-7-16-6-3-4-8-18(16)20;1-7-5-3-2-4-6-7;;;;/h2*3-13H,1-2H3;2-6H,1H2;2*1H;;/q3*-1;;;;+2/p-2.